The zero-order chi connectivity index (χ0) is 11.8. The number of fused-ring (bicyclic) bond motifs is 1. The number of nitrogens with one attached hydrogen (secondary N) is 1. The number of aryl methyl sites for hydroxylation is 1. The number of nitrogens with zero attached hydrogens (tertiary/aromatic N) is 1. The number of anilines is 1. The van der Waals surface area contributed by atoms with Crippen LogP contribution in [0.1, 0.15) is 16.3 Å². The van der Waals surface area contributed by atoms with E-state index in [1.165, 1.54) is 0 Å². The lowest BCUT2D eigenvalue weighted by Gasteiger charge is -1.98. The van der Waals surface area contributed by atoms with Gasteiger partial charge in [0.15, 0.2) is 0 Å². The van der Waals surface area contributed by atoms with Crippen LogP contribution in [0.5, 0.6) is 0 Å². The fraction of sp³-hybridized carbons (Fsp3) is 0.0769. The molecule has 0 radical (unpaired) electrons. The van der Waals surface area contributed by atoms with E-state index in [2.05, 4.69) is 10.3 Å². The third kappa shape index (κ3) is 1.76. The van der Waals surface area contributed by atoms with Crippen molar-refractivity contribution in [2.24, 2.45) is 0 Å². The average Bonchev–Trinajstić information content (AvgIpc) is 2.90. The molecular formula is C13H10N2OS. The maximum atomic E-state index is 11.9. The summed E-state index contributed by atoms with van der Waals surface area (Å²) in [5.41, 5.74) is 3.11. The van der Waals surface area contributed by atoms with Gasteiger partial charge in [-0.2, -0.15) is 0 Å². The highest BCUT2D eigenvalue weighted by molar-refractivity contribution is 7.11. The lowest BCUT2D eigenvalue weighted by molar-refractivity contribution is -0.110. The largest absolute Gasteiger partial charge is 0.320 e. The zero-order valence-electron chi connectivity index (χ0n) is 9.23. The van der Waals surface area contributed by atoms with Gasteiger partial charge in [-0.15, -0.1) is 11.3 Å². The Labute approximate surface area is 103 Å². The highest BCUT2D eigenvalue weighted by atomic mass is 32.1. The second-order valence-electron chi connectivity index (χ2n) is 3.88. The highest BCUT2D eigenvalue weighted by Crippen LogP contribution is 2.32. The Morgan fingerprint density at radius 1 is 1.35 bits per heavy atom. The van der Waals surface area contributed by atoms with E-state index in [-0.39, 0.29) is 5.91 Å². The maximum Gasteiger partial charge on any atom is 0.258 e. The minimum atomic E-state index is -0.0773. The Bertz CT molecular complexity index is 614. The number of carbonyl (C=O) groups excluding carboxylic acids is 1. The fourth-order valence-corrected chi connectivity index (χ4v) is 2.47. The van der Waals surface area contributed by atoms with Crippen molar-refractivity contribution in [1.29, 1.82) is 0 Å². The summed E-state index contributed by atoms with van der Waals surface area (Å²) in [6.07, 6.45) is 1.89. The maximum absolute atomic E-state index is 11.9. The van der Waals surface area contributed by atoms with Gasteiger partial charge in [0.2, 0.25) is 0 Å². The van der Waals surface area contributed by atoms with Gasteiger partial charge in [-0.05, 0) is 36.6 Å². The second kappa shape index (κ2) is 3.82. The SMILES string of the molecule is Cc1ccc2c(n1)C(=Cc1cccs1)C(=O)N2. The molecule has 0 spiro atoms. The van der Waals surface area contributed by atoms with Crippen LogP contribution < -0.4 is 5.32 Å². The highest BCUT2D eigenvalue weighted by Gasteiger charge is 2.25. The first-order chi connectivity index (χ1) is 8.24. The van der Waals surface area contributed by atoms with E-state index >= 15 is 0 Å². The van der Waals surface area contributed by atoms with Gasteiger partial charge in [-0.1, -0.05) is 6.07 Å². The molecule has 1 N–H and O–H groups in total. The van der Waals surface area contributed by atoms with Crippen molar-refractivity contribution in [3.8, 4) is 0 Å². The van der Waals surface area contributed by atoms with E-state index in [1.54, 1.807) is 11.3 Å². The van der Waals surface area contributed by atoms with Gasteiger partial charge in [0.25, 0.3) is 5.91 Å². The van der Waals surface area contributed by atoms with Gasteiger partial charge >= 0.3 is 0 Å². The van der Waals surface area contributed by atoms with E-state index in [0.717, 1.165) is 22.0 Å². The predicted octanol–water partition coefficient (Wildman–Crippen LogP) is 2.94. The molecule has 4 heteroatoms. The molecule has 1 aliphatic heterocycles. The molecule has 0 atom stereocenters. The normalized spacial score (nSPS) is 16.1. The predicted molar refractivity (Wildman–Crippen MR) is 69.8 cm³/mol. The van der Waals surface area contributed by atoms with Crippen LogP contribution in [0.25, 0.3) is 11.6 Å². The van der Waals surface area contributed by atoms with Crippen molar-refractivity contribution in [3.05, 3.63) is 45.9 Å². The van der Waals surface area contributed by atoms with Crippen LogP contribution in [0.4, 0.5) is 5.69 Å². The standard InChI is InChI=1S/C13H10N2OS/c1-8-4-5-11-12(14-8)10(13(16)15-11)7-9-3-2-6-17-9/h2-7H,1H3,(H,15,16). The molecule has 0 aliphatic carbocycles. The van der Waals surface area contributed by atoms with Gasteiger partial charge in [0, 0.05) is 10.6 Å². The minimum Gasteiger partial charge on any atom is -0.320 e. The average molecular weight is 242 g/mol. The first kappa shape index (κ1) is 10.2. The summed E-state index contributed by atoms with van der Waals surface area (Å²) >= 11 is 1.61. The molecule has 0 saturated heterocycles. The Morgan fingerprint density at radius 3 is 3.00 bits per heavy atom. The third-order valence-electron chi connectivity index (χ3n) is 2.61. The molecule has 17 heavy (non-hydrogen) atoms. The second-order valence-corrected chi connectivity index (χ2v) is 4.86. The number of hydrogen-bond donors (Lipinski definition) is 1. The minimum absolute atomic E-state index is 0.0773. The zero-order valence-corrected chi connectivity index (χ0v) is 10.0. The molecule has 0 unspecified atom stereocenters. The van der Waals surface area contributed by atoms with E-state index in [9.17, 15) is 4.79 Å². The van der Waals surface area contributed by atoms with E-state index in [4.69, 9.17) is 0 Å². The number of rotatable bonds is 1. The summed E-state index contributed by atoms with van der Waals surface area (Å²) < 4.78 is 0. The van der Waals surface area contributed by atoms with Crippen LogP contribution in [0.15, 0.2) is 29.6 Å². The molecule has 2 aromatic rings. The van der Waals surface area contributed by atoms with Gasteiger partial charge in [-0.3, -0.25) is 9.78 Å². The number of amides is 1. The van der Waals surface area contributed by atoms with E-state index in [0.29, 0.717) is 5.57 Å². The number of carbonyl (C=O) groups is 1. The first-order valence-electron chi connectivity index (χ1n) is 5.28. The molecule has 0 aromatic carbocycles. The summed E-state index contributed by atoms with van der Waals surface area (Å²) in [6.45, 7) is 1.92. The molecule has 0 saturated carbocycles. The third-order valence-corrected chi connectivity index (χ3v) is 3.43. The Balaban J connectivity index is 2.13. The lowest BCUT2D eigenvalue weighted by atomic mass is 10.1. The molecule has 0 bridgehead atoms. The van der Waals surface area contributed by atoms with Crippen LogP contribution in [0.3, 0.4) is 0 Å². The molecule has 3 rings (SSSR count). The summed E-state index contributed by atoms with van der Waals surface area (Å²) in [4.78, 5) is 17.3. The number of thiophene rings is 1. The lowest BCUT2D eigenvalue weighted by Crippen LogP contribution is -2.03. The fourth-order valence-electron chi connectivity index (χ4n) is 1.81. The molecule has 0 fully saturated rings. The summed E-state index contributed by atoms with van der Waals surface area (Å²) in [5, 5.41) is 4.81. The quantitative estimate of drug-likeness (QED) is 0.781. The van der Waals surface area contributed by atoms with Crippen molar-refractivity contribution in [1.82, 2.24) is 4.98 Å². The number of pyridine rings is 1. The van der Waals surface area contributed by atoms with Crippen LogP contribution in [0.2, 0.25) is 0 Å². The van der Waals surface area contributed by atoms with Gasteiger partial charge in [-0.25, -0.2) is 0 Å². The molecule has 84 valence electrons. The van der Waals surface area contributed by atoms with Crippen LogP contribution in [-0.4, -0.2) is 10.9 Å². The van der Waals surface area contributed by atoms with E-state index in [1.807, 2.05) is 42.6 Å². The summed E-state index contributed by atoms with van der Waals surface area (Å²) in [5.74, 6) is -0.0773. The molecule has 3 heterocycles. The topological polar surface area (TPSA) is 42.0 Å². The molecule has 3 nitrogen and oxygen atoms in total. The molecule has 1 amide bonds. The van der Waals surface area contributed by atoms with Gasteiger partial charge < -0.3 is 5.32 Å². The Hall–Kier alpha value is -1.94. The van der Waals surface area contributed by atoms with Crippen molar-refractivity contribution in [2.75, 3.05) is 5.32 Å². The Morgan fingerprint density at radius 2 is 2.24 bits per heavy atom. The van der Waals surface area contributed by atoms with Crippen molar-refractivity contribution < 1.29 is 4.79 Å². The van der Waals surface area contributed by atoms with Crippen LogP contribution in [-0.2, 0) is 4.79 Å². The molecule has 1 aliphatic rings. The van der Waals surface area contributed by atoms with Crippen LogP contribution in [0, 0.1) is 6.92 Å². The van der Waals surface area contributed by atoms with Gasteiger partial charge in [0.05, 0.1) is 17.0 Å². The number of hydrogen-bond acceptors (Lipinski definition) is 3. The monoisotopic (exact) mass is 242 g/mol. The Kier molecular flexibility index (Phi) is 2.30. The smallest absolute Gasteiger partial charge is 0.258 e. The number of aromatic nitrogens is 1. The summed E-state index contributed by atoms with van der Waals surface area (Å²) in [7, 11) is 0. The first-order valence-corrected chi connectivity index (χ1v) is 6.16. The van der Waals surface area contributed by atoms with Crippen molar-refractivity contribution in [2.45, 2.75) is 6.92 Å². The van der Waals surface area contributed by atoms with Gasteiger partial charge in [0.1, 0.15) is 0 Å². The van der Waals surface area contributed by atoms with E-state index < -0.39 is 0 Å². The van der Waals surface area contributed by atoms with Crippen LogP contribution >= 0.6 is 11.3 Å². The summed E-state index contributed by atoms with van der Waals surface area (Å²) in [6, 6.07) is 7.74. The van der Waals surface area contributed by atoms with Crippen molar-refractivity contribution >= 4 is 34.6 Å². The van der Waals surface area contributed by atoms with Crippen molar-refractivity contribution in [3.63, 3.8) is 0 Å². The molecule has 2 aromatic heterocycles. The molecular weight excluding hydrogens is 232 g/mol.